The molecule has 4 nitrogen and oxygen atoms in total. The lowest BCUT2D eigenvalue weighted by atomic mass is 10.2. The Morgan fingerprint density at radius 1 is 1.53 bits per heavy atom. The van der Waals surface area contributed by atoms with Crippen LogP contribution in [-0.4, -0.2) is 15.9 Å². The molecule has 0 spiro atoms. The molecule has 0 aliphatic heterocycles. The van der Waals surface area contributed by atoms with Gasteiger partial charge in [0.15, 0.2) is 0 Å². The number of hydrogen-bond acceptors (Lipinski definition) is 3. The zero-order valence-corrected chi connectivity index (χ0v) is 9.82. The van der Waals surface area contributed by atoms with Crippen molar-refractivity contribution in [2.75, 3.05) is 5.73 Å². The number of halogens is 2. The highest BCUT2D eigenvalue weighted by Gasteiger charge is 2.01. The van der Waals surface area contributed by atoms with Crippen LogP contribution in [0.4, 0.5) is 10.3 Å². The number of nitrogens with zero attached hydrogens (tertiary/aromatic N) is 3. The normalized spacial score (nSPS) is 11.2. The van der Waals surface area contributed by atoms with Crippen LogP contribution in [0.3, 0.4) is 0 Å². The molecule has 0 atom stereocenters. The van der Waals surface area contributed by atoms with E-state index in [9.17, 15) is 4.39 Å². The summed E-state index contributed by atoms with van der Waals surface area (Å²) < 4.78 is 14.2. The van der Waals surface area contributed by atoms with E-state index in [1.165, 1.54) is 23.0 Å². The maximum absolute atomic E-state index is 12.8. The third-order valence-electron chi connectivity index (χ3n) is 2.12. The number of aromatic nitrogens is 2. The van der Waals surface area contributed by atoms with E-state index in [-0.39, 0.29) is 11.8 Å². The minimum atomic E-state index is -0.384. The average molecular weight is 253 g/mol. The van der Waals surface area contributed by atoms with Crippen molar-refractivity contribution >= 4 is 23.8 Å². The molecule has 0 bridgehead atoms. The topological polar surface area (TPSA) is 56.2 Å². The van der Waals surface area contributed by atoms with Crippen molar-refractivity contribution in [1.82, 2.24) is 9.66 Å². The summed E-state index contributed by atoms with van der Waals surface area (Å²) in [4.78, 5) is 3.99. The largest absolute Gasteiger partial charge is 0.368 e. The fraction of sp³-hybridized carbons (Fsp3) is 0.0909. The number of hydrogen-bond donors (Lipinski definition) is 1. The molecule has 0 radical (unpaired) electrons. The van der Waals surface area contributed by atoms with Crippen molar-refractivity contribution < 1.29 is 4.39 Å². The Kier molecular flexibility index (Phi) is 3.10. The van der Waals surface area contributed by atoms with E-state index in [0.717, 1.165) is 5.69 Å². The second-order valence-electron chi connectivity index (χ2n) is 3.50. The van der Waals surface area contributed by atoms with E-state index in [0.29, 0.717) is 10.6 Å². The average Bonchev–Trinajstić information content (AvgIpc) is 2.56. The van der Waals surface area contributed by atoms with Crippen molar-refractivity contribution in [2.45, 2.75) is 6.92 Å². The summed E-state index contributed by atoms with van der Waals surface area (Å²) in [6.45, 7) is 1.81. The molecule has 0 saturated heterocycles. The Balaban J connectivity index is 2.29. The highest BCUT2D eigenvalue weighted by atomic mass is 35.5. The summed E-state index contributed by atoms with van der Waals surface area (Å²) in [6.07, 6.45) is 3.18. The van der Waals surface area contributed by atoms with Crippen LogP contribution in [0, 0.1) is 12.7 Å². The highest BCUT2D eigenvalue weighted by molar-refractivity contribution is 6.33. The van der Waals surface area contributed by atoms with Gasteiger partial charge in [-0.1, -0.05) is 11.6 Å². The molecule has 0 aliphatic carbocycles. The summed E-state index contributed by atoms with van der Waals surface area (Å²) in [7, 11) is 0. The van der Waals surface area contributed by atoms with E-state index in [4.69, 9.17) is 17.3 Å². The Morgan fingerprint density at radius 3 is 2.88 bits per heavy atom. The summed E-state index contributed by atoms with van der Waals surface area (Å²) >= 11 is 5.85. The molecule has 2 rings (SSSR count). The molecule has 0 aliphatic rings. The van der Waals surface area contributed by atoms with E-state index in [1.807, 2.05) is 6.92 Å². The van der Waals surface area contributed by atoms with Crippen LogP contribution in [0.25, 0.3) is 0 Å². The molecule has 1 aromatic carbocycles. The Hall–Kier alpha value is -1.88. The van der Waals surface area contributed by atoms with Crippen molar-refractivity contribution in [2.24, 2.45) is 5.10 Å². The Bertz CT molecular complexity index is 577. The van der Waals surface area contributed by atoms with Crippen LogP contribution in [-0.2, 0) is 0 Å². The molecule has 2 aromatic rings. The van der Waals surface area contributed by atoms with Gasteiger partial charge in [-0.05, 0) is 25.1 Å². The van der Waals surface area contributed by atoms with Gasteiger partial charge < -0.3 is 5.73 Å². The van der Waals surface area contributed by atoms with Crippen LogP contribution in [0.15, 0.2) is 29.5 Å². The van der Waals surface area contributed by atoms with Gasteiger partial charge in [-0.3, -0.25) is 0 Å². The predicted octanol–water partition coefficient (Wildman–Crippen LogP) is 2.45. The number of nitrogen functional groups attached to an aromatic ring is 1. The first-order valence-electron chi connectivity index (χ1n) is 4.87. The van der Waals surface area contributed by atoms with Gasteiger partial charge in [0.2, 0.25) is 5.95 Å². The second kappa shape index (κ2) is 4.55. The Labute approximate surface area is 103 Å². The smallest absolute Gasteiger partial charge is 0.221 e. The third kappa shape index (κ3) is 2.62. The molecule has 6 heteroatoms. The standard InChI is InChI=1S/C11H10ClFN4/c1-7-6-17(11(14)16-7)15-5-8-2-3-9(13)4-10(8)12/h2-6H,1H3,(H2,14,16). The van der Waals surface area contributed by atoms with Crippen molar-refractivity contribution in [1.29, 1.82) is 0 Å². The first kappa shape index (κ1) is 11.6. The van der Waals surface area contributed by atoms with E-state index in [2.05, 4.69) is 10.1 Å². The highest BCUT2D eigenvalue weighted by Crippen LogP contribution is 2.15. The van der Waals surface area contributed by atoms with Crippen LogP contribution in [0.5, 0.6) is 0 Å². The van der Waals surface area contributed by atoms with E-state index >= 15 is 0 Å². The molecule has 17 heavy (non-hydrogen) atoms. The van der Waals surface area contributed by atoms with Gasteiger partial charge in [0.05, 0.1) is 23.1 Å². The van der Waals surface area contributed by atoms with Gasteiger partial charge in [0, 0.05) is 5.56 Å². The molecule has 2 N–H and O–H groups in total. The quantitative estimate of drug-likeness (QED) is 0.835. The fourth-order valence-electron chi connectivity index (χ4n) is 1.33. The summed E-state index contributed by atoms with van der Waals surface area (Å²) in [5, 5.41) is 4.38. The summed E-state index contributed by atoms with van der Waals surface area (Å²) in [5.74, 6) is -0.0953. The lowest BCUT2D eigenvalue weighted by Gasteiger charge is -1.98. The Morgan fingerprint density at radius 2 is 2.29 bits per heavy atom. The van der Waals surface area contributed by atoms with Crippen LogP contribution < -0.4 is 5.73 Å². The molecule has 1 heterocycles. The molecule has 0 saturated carbocycles. The van der Waals surface area contributed by atoms with Crippen LogP contribution >= 0.6 is 11.6 Å². The second-order valence-corrected chi connectivity index (χ2v) is 3.90. The number of nitrogens with two attached hydrogens (primary N) is 1. The zero-order chi connectivity index (χ0) is 12.4. The number of anilines is 1. The minimum Gasteiger partial charge on any atom is -0.368 e. The van der Waals surface area contributed by atoms with Gasteiger partial charge in [0.1, 0.15) is 5.82 Å². The van der Waals surface area contributed by atoms with Gasteiger partial charge in [-0.25, -0.2) is 14.1 Å². The number of imidazole rings is 1. The third-order valence-corrected chi connectivity index (χ3v) is 2.45. The molecule has 0 fully saturated rings. The first-order chi connectivity index (χ1) is 8.06. The zero-order valence-electron chi connectivity index (χ0n) is 9.06. The maximum atomic E-state index is 12.8. The van der Waals surface area contributed by atoms with Crippen LogP contribution in [0.1, 0.15) is 11.3 Å². The number of rotatable bonds is 2. The van der Waals surface area contributed by atoms with Crippen LogP contribution in [0.2, 0.25) is 5.02 Å². The molecule has 88 valence electrons. The SMILES string of the molecule is Cc1cn(N=Cc2ccc(F)cc2Cl)c(N)n1. The van der Waals surface area contributed by atoms with Gasteiger partial charge >= 0.3 is 0 Å². The molecule has 1 aromatic heterocycles. The van der Waals surface area contributed by atoms with E-state index < -0.39 is 0 Å². The lowest BCUT2D eigenvalue weighted by molar-refractivity contribution is 0.628. The predicted molar refractivity (Wildman–Crippen MR) is 65.8 cm³/mol. The van der Waals surface area contributed by atoms with Crippen molar-refractivity contribution in [3.8, 4) is 0 Å². The minimum absolute atomic E-state index is 0.289. The van der Waals surface area contributed by atoms with Gasteiger partial charge in [-0.2, -0.15) is 5.10 Å². The van der Waals surface area contributed by atoms with Crippen molar-refractivity contribution in [3.05, 3.63) is 46.5 Å². The van der Waals surface area contributed by atoms with Gasteiger partial charge in [0.25, 0.3) is 0 Å². The summed E-state index contributed by atoms with van der Waals surface area (Å²) in [6, 6.07) is 4.09. The summed E-state index contributed by atoms with van der Waals surface area (Å²) in [5.41, 5.74) is 6.99. The molecule has 0 unspecified atom stereocenters. The lowest BCUT2D eigenvalue weighted by Crippen LogP contribution is -1.97. The monoisotopic (exact) mass is 252 g/mol. The molecule has 0 amide bonds. The maximum Gasteiger partial charge on any atom is 0.221 e. The van der Waals surface area contributed by atoms with Gasteiger partial charge in [-0.15, -0.1) is 0 Å². The fourth-order valence-corrected chi connectivity index (χ4v) is 1.54. The number of benzene rings is 1. The molecular weight excluding hydrogens is 243 g/mol. The molecular formula is C11H10ClFN4. The first-order valence-corrected chi connectivity index (χ1v) is 5.25. The van der Waals surface area contributed by atoms with E-state index in [1.54, 1.807) is 12.3 Å². The number of aryl methyl sites for hydroxylation is 1. The van der Waals surface area contributed by atoms with Crippen molar-refractivity contribution in [3.63, 3.8) is 0 Å².